The predicted molar refractivity (Wildman–Crippen MR) is 74.7 cm³/mol. The summed E-state index contributed by atoms with van der Waals surface area (Å²) in [5, 5.41) is 6.10. The summed E-state index contributed by atoms with van der Waals surface area (Å²) in [6.45, 7) is 9.16. The van der Waals surface area contributed by atoms with E-state index in [0.29, 0.717) is 13.2 Å². The van der Waals surface area contributed by atoms with Gasteiger partial charge in [0.05, 0.1) is 12.6 Å². The van der Waals surface area contributed by atoms with E-state index in [1.165, 1.54) is 0 Å². The molecule has 0 aromatic rings. The van der Waals surface area contributed by atoms with Crippen molar-refractivity contribution in [2.24, 2.45) is 5.41 Å². The maximum atomic E-state index is 11.7. The number of methoxy groups -OCH3 is 1. The van der Waals surface area contributed by atoms with Crippen LogP contribution in [0.2, 0.25) is 0 Å². The van der Waals surface area contributed by atoms with E-state index in [4.69, 9.17) is 4.74 Å². The van der Waals surface area contributed by atoms with E-state index < -0.39 is 0 Å². The summed E-state index contributed by atoms with van der Waals surface area (Å²) < 4.78 is 4.89. The minimum Gasteiger partial charge on any atom is -0.383 e. The number of nitrogens with one attached hydrogen (secondary N) is 2. The Morgan fingerprint density at radius 3 is 2.50 bits per heavy atom. The Morgan fingerprint density at radius 2 is 2.00 bits per heavy atom. The average molecular weight is 259 g/mol. The molecule has 0 saturated heterocycles. The molecule has 1 unspecified atom stereocenters. The van der Waals surface area contributed by atoms with Gasteiger partial charge in [0, 0.05) is 26.7 Å². The van der Waals surface area contributed by atoms with Crippen LogP contribution in [0.25, 0.3) is 0 Å². The summed E-state index contributed by atoms with van der Waals surface area (Å²) in [5.74, 6) is 0.0210. The summed E-state index contributed by atoms with van der Waals surface area (Å²) >= 11 is 0. The first-order valence-electron chi connectivity index (χ1n) is 6.43. The molecule has 1 amide bonds. The monoisotopic (exact) mass is 259 g/mol. The maximum absolute atomic E-state index is 11.7. The molecule has 5 heteroatoms. The van der Waals surface area contributed by atoms with Gasteiger partial charge in [-0.05, 0) is 26.4 Å². The lowest BCUT2D eigenvalue weighted by atomic mass is 9.92. The van der Waals surface area contributed by atoms with Crippen LogP contribution in [0.1, 0.15) is 20.8 Å². The molecule has 0 aromatic carbocycles. The fourth-order valence-electron chi connectivity index (χ4n) is 1.86. The van der Waals surface area contributed by atoms with Crippen LogP contribution in [-0.2, 0) is 9.53 Å². The third-order valence-corrected chi connectivity index (χ3v) is 2.63. The number of carbonyl (C=O) groups is 1. The average Bonchev–Trinajstić information content (AvgIpc) is 2.24. The van der Waals surface area contributed by atoms with Crippen molar-refractivity contribution >= 4 is 5.91 Å². The van der Waals surface area contributed by atoms with Crippen molar-refractivity contribution in [2.75, 3.05) is 47.4 Å². The zero-order valence-corrected chi connectivity index (χ0v) is 12.7. The molecule has 0 bridgehead atoms. The first kappa shape index (κ1) is 17.4. The van der Waals surface area contributed by atoms with Gasteiger partial charge in [0.15, 0.2) is 0 Å². The van der Waals surface area contributed by atoms with Gasteiger partial charge in [0.2, 0.25) is 5.91 Å². The van der Waals surface area contributed by atoms with E-state index in [1.807, 2.05) is 6.92 Å². The Morgan fingerprint density at radius 1 is 1.39 bits per heavy atom. The van der Waals surface area contributed by atoms with Crippen LogP contribution in [0.5, 0.6) is 0 Å². The fourth-order valence-corrected chi connectivity index (χ4v) is 1.86. The first-order chi connectivity index (χ1) is 8.28. The number of hydrogen-bond donors (Lipinski definition) is 2. The number of rotatable bonds is 9. The lowest BCUT2D eigenvalue weighted by molar-refractivity contribution is -0.123. The Balaban J connectivity index is 3.93. The second-order valence-corrected chi connectivity index (χ2v) is 5.79. The molecule has 0 aliphatic carbocycles. The van der Waals surface area contributed by atoms with Gasteiger partial charge < -0.3 is 20.3 Å². The largest absolute Gasteiger partial charge is 0.383 e. The standard InChI is InChI=1S/C13H29N3O2/c1-11(12(17)14-7-8-18-6)15-9-13(2,3)10-16(4)5/h11,15H,7-10H2,1-6H3,(H,14,17). The van der Waals surface area contributed by atoms with E-state index in [-0.39, 0.29) is 17.4 Å². The zero-order valence-electron chi connectivity index (χ0n) is 12.7. The second kappa shape index (κ2) is 8.45. The molecule has 108 valence electrons. The van der Waals surface area contributed by atoms with Crippen molar-refractivity contribution in [2.45, 2.75) is 26.8 Å². The Labute approximate surface area is 111 Å². The molecule has 0 saturated carbocycles. The number of nitrogens with zero attached hydrogens (tertiary/aromatic N) is 1. The summed E-state index contributed by atoms with van der Waals surface area (Å²) in [4.78, 5) is 13.9. The van der Waals surface area contributed by atoms with Crippen LogP contribution in [0.15, 0.2) is 0 Å². The van der Waals surface area contributed by atoms with Gasteiger partial charge in [-0.15, -0.1) is 0 Å². The molecule has 18 heavy (non-hydrogen) atoms. The second-order valence-electron chi connectivity index (χ2n) is 5.79. The van der Waals surface area contributed by atoms with E-state index >= 15 is 0 Å². The van der Waals surface area contributed by atoms with Crippen molar-refractivity contribution in [1.29, 1.82) is 0 Å². The molecule has 0 fully saturated rings. The molecule has 0 spiro atoms. The van der Waals surface area contributed by atoms with E-state index in [1.54, 1.807) is 7.11 Å². The van der Waals surface area contributed by atoms with Crippen molar-refractivity contribution in [1.82, 2.24) is 15.5 Å². The van der Waals surface area contributed by atoms with E-state index in [0.717, 1.165) is 13.1 Å². The van der Waals surface area contributed by atoms with Gasteiger partial charge in [-0.1, -0.05) is 13.8 Å². The summed E-state index contributed by atoms with van der Waals surface area (Å²) in [7, 11) is 5.74. The van der Waals surface area contributed by atoms with Crippen LogP contribution >= 0.6 is 0 Å². The highest BCUT2D eigenvalue weighted by atomic mass is 16.5. The SMILES string of the molecule is COCCNC(=O)C(C)NCC(C)(C)CN(C)C. The van der Waals surface area contributed by atoms with Crippen LogP contribution in [0.4, 0.5) is 0 Å². The Bertz CT molecular complexity index is 242. The van der Waals surface area contributed by atoms with Crippen LogP contribution in [0, 0.1) is 5.41 Å². The van der Waals surface area contributed by atoms with Crippen molar-refractivity contribution in [3.05, 3.63) is 0 Å². The highest BCUT2D eigenvalue weighted by Gasteiger charge is 2.21. The summed E-state index contributed by atoms with van der Waals surface area (Å²) in [5.41, 5.74) is 0.143. The summed E-state index contributed by atoms with van der Waals surface area (Å²) in [6.07, 6.45) is 0. The molecular formula is C13H29N3O2. The minimum absolute atomic E-state index is 0.0210. The molecule has 2 N–H and O–H groups in total. The van der Waals surface area contributed by atoms with Gasteiger partial charge >= 0.3 is 0 Å². The highest BCUT2D eigenvalue weighted by Crippen LogP contribution is 2.14. The quantitative estimate of drug-likeness (QED) is 0.585. The number of carbonyl (C=O) groups excluding carboxylic acids is 1. The third-order valence-electron chi connectivity index (χ3n) is 2.63. The van der Waals surface area contributed by atoms with Gasteiger partial charge in [-0.2, -0.15) is 0 Å². The van der Waals surface area contributed by atoms with Gasteiger partial charge in [0.25, 0.3) is 0 Å². The van der Waals surface area contributed by atoms with Crippen molar-refractivity contribution < 1.29 is 9.53 Å². The topological polar surface area (TPSA) is 53.6 Å². The predicted octanol–water partition coefficient (Wildman–Crippen LogP) is 0.315. The van der Waals surface area contributed by atoms with Crippen molar-refractivity contribution in [3.63, 3.8) is 0 Å². The Kier molecular flexibility index (Phi) is 8.15. The van der Waals surface area contributed by atoms with Crippen LogP contribution in [0.3, 0.4) is 0 Å². The zero-order chi connectivity index (χ0) is 14.2. The normalized spacial score (nSPS) is 13.7. The number of hydrogen-bond acceptors (Lipinski definition) is 4. The van der Waals surface area contributed by atoms with Crippen molar-refractivity contribution in [3.8, 4) is 0 Å². The molecule has 0 rings (SSSR count). The number of ether oxygens (including phenoxy) is 1. The molecule has 5 nitrogen and oxygen atoms in total. The molecule has 0 aromatic heterocycles. The lowest BCUT2D eigenvalue weighted by Gasteiger charge is -2.29. The molecule has 0 aliphatic rings. The third kappa shape index (κ3) is 8.44. The summed E-state index contributed by atoms with van der Waals surface area (Å²) in [6, 6.07) is -0.178. The molecule has 0 heterocycles. The van der Waals surface area contributed by atoms with E-state index in [2.05, 4.69) is 43.5 Å². The smallest absolute Gasteiger partial charge is 0.236 e. The molecule has 0 radical (unpaired) electrons. The maximum Gasteiger partial charge on any atom is 0.236 e. The van der Waals surface area contributed by atoms with Gasteiger partial charge in [-0.25, -0.2) is 0 Å². The fraction of sp³-hybridized carbons (Fsp3) is 0.923. The van der Waals surface area contributed by atoms with Gasteiger partial charge in [0.1, 0.15) is 0 Å². The van der Waals surface area contributed by atoms with Crippen LogP contribution in [-0.4, -0.2) is 64.3 Å². The van der Waals surface area contributed by atoms with E-state index in [9.17, 15) is 4.79 Å². The highest BCUT2D eigenvalue weighted by molar-refractivity contribution is 5.81. The molecule has 1 atom stereocenters. The first-order valence-corrected chi connectivity index (χ1v) is 6.43. The van der Waals surface area contributed by atoms with Crippen LogP contribution < -0.4 is 10.6 Å². The molecule has 0 aliphatic heterocycles. The minimum atomic E-state index is -0.178. The molecular weight excluding hydrogens is 230 g/mol. The Hall–Kier alpha value is -0.650. The lowest BCUT2D eigenvalue weighted by Crippen LogP contribution is -2.47. The van der Waals surface area contributed by atoms with Gasteiger partial charge in [-0.3, -0.25) is 4.79 Å². The number of amides is 1.